The van der Waals surface area contributed by atoms with E-state index in [0.717, 1.165) is 29.3 Å². The molecule has 1 aromatic rings. The maximum Gasteiger partial charge on any atom is 0.0413 e. The number of hydrogen-bond acceptors (Lipinski definition) is 2. The van der Waals surface area contributed by atoms with Gasteiger partial charge in [0.05, 0.1) is 0 Å². The lowest BCUT2D eigenvalue weighted by atomic mass is 9.78. The summed E-state index contributed by atoms with van der Waals surface area (Å²) in [5.41, 5.74) is 1.70. The molecule has 2 saturated carbocycles. The van der Waals surface area contributed by atoms with Crippen LogP contribution in [0.25, 0.3) is 0 Å². The Morgan fingerprint density at radius 2 is 2.11 bits per heavy atom. The Morgan fingerprint density at radius 1 is 1.37 bits per heavy atom. The Hall–Kier alpha value is -0.410. The summed E-state index contributed by atoms with van der Waals surface area (Å²) in [6, 6.07) is 4.86. The highest BCUT2D eigenvalue weighted by Gasteiger charge is 2.53. The molecule has 0 radical (unpaired) electrons. The van der Waals surface area contributed by atoms with Crippen molar-refractivity contribution < 1.29 is 0 Å². The predicted octanol–water partition coefficient (Wildman–Crippen LogP) is 3.80. The fourth-order valence-corrected chi connectivity index (χ4v) is 3.91. The van der Waals surface area contributed by atoms with Crippen LogP contribution in [-0.2, 0) is 6.42 Å². The van der Waals surface area contributed by atoms with Crippen molar-refractivity contribution in [3.63, 3.8) is 0 Å². The molecule has 2 unspecified atom stereocenters. The SMILES string of the molecule is CC(C)NCC1(Cc2ccc(Br)cn2)CC2CC2C1. The normalized spacial score (nSPS) is 32.6. The van der Waals surface area contributed by atoms with Crippen LogP contribution in [0.15, 0.2) is 22.8 Å². The van der Waals surface area contributed by atoms with Crippen LogP contribution in [0.3, 0.4) is 0 Å². The Kier molecular flexibility index (Phi) is 3.69. The van der Waals surface area contributed by atoms with Crippen molar-refractivity contribution in [1.29, 1.82) is 0 Å². The second-order valence-corrected chi connectivity index (χ2v) is 7.76. The summed E-state index contributed by atoms with van der Waals surface area (Å²) in [4.78, 5) is 4.58. The molecule has 3 heteroatoms. The molecule has 104 valence electrons. The zero-order chi connectivity index (χ0) is 13.5. The van der Waals surface area contributed by atoms with E-state index in [1.54, 1.807) is 0 Å². The largest absolute Gasteiger partial charge is 0.314 e. The van der Waals surface area contributed by atoms with Gasteiger partial charge in [0.15, 0.2) is 0 Å². The van der Waals surface area contributed by atoms with Gasteiger partial charge in [0.2, 0.25) is 0 Å². The topological polar surface area (TPSA) is 24.9 Å². The van der Waals surface area contributed by atoms with E-state index in [2.05, 4.69) is 52.2 Å². The first-order valence-corrected chi connectivity index (χ1v) is 8.19. The monoisotopic (exact) mass is 322 g/mol. The van der Waals surface area contributed by atoms with Gasteiger partial charge in [0, 0.05) is 29.0 Å². The molecule has 0 amide bonds. The lowest BCUT2D eigenvalue weighted by Crippen LogP contribution is -2.38. The number of pyridine rings is 1. The van der Waals surface area contributed by atoms with Gasteiger partial charge in [0.1, 0.15) is 0 Å². The fourth-order valence-electron chi connectivity index (χ4n) is 3.67. The van der Waals surface area contributed by atoms with Gasteiger partial charge >= 0.3 is 0 Å². The quantitative estimate of drug-likeness (QED) is 0.891. The first kappa shape index (κ1) is 13.6. The van der Waals surface area contributed by atoms with Crippen LogP contribution >= 0.6 is 15.9 Å². The summed E-state index contributed by atoms with van der Waals surface area (Å²) in [5.74, 6) is 2.04. The minimum absolute atomic E-state index is 0.457. The molecule has 0 spiro atoms. The number of nitrogens with zero attached hydrogens (tertiary/aromatic N) is 1. The van der Waals surface area contributed by atoms with Gasteiger partial charge in [-0.1, -0.05) is 13.8 Å². The molecule has 1 aromatic heterocycles. The average Bonchev–Trinajstić information content (AvgIpc) is 2.99. The zero-order valence-corrected chi connectivity index (χ0v) is 13.4. The fraction of sp³-hybridized carbons (Fsp3) is 0.688. The third kappa shape index (κ3) is 3.19. The lowest BCUT2D eigenvalue weighted by Gasteiger charge is -2.32. The number of hydrogen-bond donors (Lipinski definition) is 1. The number of fused-ring (bicyclic) bond motifs is 1. The number of rotatable bonds is 5. The van der Waals surface area contributed by atoms with Crippen molar-refractivity contribution in [1.82, 2.24) is 10.3 Å². The molecule has 1 heterocycles. The van der Waals surface area contributed by atoms with Crippen molar-refractivity contribution in [2.45, 2.75) is 45.6 Å². The van der Waals surface area contributed by atoms with Gasteiger partial charge in [0.25, 0.3) is 0 Å². The summed E-state index contributed by atoms with van der Waals surface area (Å²) >= 11 is 3.46. The minimum atomic E-state index is 0.457. The lowest BCUT2D eigenvalue weighted by molar-refractivity contribution is 0.239. The van der Waals surface area contributed by atoms with Crippen molar-refractivity contribution in [3.8, 4) is 0 Å². The van der Waals surface area contributed by atoms with E-state index in [1.165, 1.54) is 25.0 Å². The van der Waals surface area contributed by atoms with E-state index >= 15 is 0 Å². The Morgan fingerprint density at radius 3 is 2.68 bits per heavy atom. The molecule has 0 saturated heterocycles. The van der Waals surface area contributed by atoms with Crippen LogP contribution in [0.5, 0.6) is 0 Å². The Balaban J connectivity index is 1.70. The molecule has 0 aromatic carbocycles. The van der Waals surface area contributed by atoms with Crippen molar-refractivity contribution in [3.05, 3.63) is 28.5 Å². The van der Waals surface area contributed by atoms with Crippen LogP contribution < -0.4 is 5.32 Å². The molecular formula is C16H23BrN2. The van der Waals surface area contributed by atoms with Crippen molar-refractivity contribution in [2.24, 2.45) is 17.3 Å². The first-order chi connectivity index (χ1) is 9.06. The summed E-state index contributed by atoms with van der Waals surface area (Å²) < 4.78 is 1.07. The number of nitrogens with one attached hydrogen (secondary N) is 1. The average molecular weight is 323 g/mol. The minimum Gasteiger partial charge on any atom is -0.314 e. The van der Waals surface area contributed by atoms with Gasteiger partial charge in [-0.25, -0.2) is 0 Å². The molecule has 0 bridgehead atoms. The Labute approximate surface area is 124 Å². The molecular weight excluding hydrogens is 300 g/mol. The smallest absolute Gasteiger partial charge is 0.0413 e. The summed E-state index contributed by atoms with van der Waals surface area (Å²) in [6.45, 7) is 5.62. The molecule has 2 aliphatic carbocycles. The van der Waals surface area contributed by atoms with Crippen LogP contribution in [0.2, 0.25) is 0 Å². The van der Waals surface area contributed by atoms with Gasteiger partial charge in [-0.3, -0.25) is 4.98 Å². The summed E-state index contributed by atoms with van der Waals surface area (Å²) in [7, 11) is 0. The molecule has 2 aliphatic rings. The van der Waals surface area contributed by atoms with Crippen LogP contribution in [0, 0.1) is 17.3 Å². The maximum absolute atomic E-state index is 4.58. The van der Waals surface area contributed by atoms with Crippen LogP contribution in [0.1, 0.15) is 38.8 Å². The Bertz CT molecular complexity index is 431. The van der Waals surface area contributed by atoms with Crippen LogP contribution in [-0.4, -0.2) is 17.6 Å². The standard InChI is InChI=1S/C16H23BrN2/c1-11(2)19-10-16(6-12-5-13(12)7-16)8-15-4-3-14(17)9-18-15/h3-4,9,11-13,19H,5-8,10H2,1-2H3. The molecule has 2 fully saturated rings. The van der Waals surface area contributed by atoms with E-state index in [9.17, 15) is 0 Å². The molecule has 2 atom stereocenters. The molecule has 1 N–H and O–H groups in total. The molecule has 3 rings (SSSR count). The number of aromatic nitrogens is 1. The van der Waals surface area contributed by atoms with E-state index in [-0.39, 0.29) is 0 Å². The predicted molar refractivity (Wildman–Crippen MR) is 82.0 cm³/mol. The van der Waals surface area contributed by atoms with E-state index in [4.69, 9.17) is 0 Å². The van der Waals surface area contributed by atoms with E-state index in [1.807, 2.05) is 6.20 Å². The van der Waals surface area contributed by atoms with Gasteiger partial charge in [-0.2, -0.15) is 0 Å². The van der Waals surface area contributed by atoms with Gasteiger partial charge in [-0.05, 0) is 71.0 Å². The maximum atomic E-state index is 4.58. The zero-order valence-electron chi connectivity index (χ0n) is 11.8. The number of halogens is 1. The second-order valence-electron chi connectivity index (χ2n) is 6.84. The highest BCUT2D eigenvalue weighted by atomic mass is 79.9. The van der Waals surface area contributed by atoms with Crippen molar-refractivity contribution in [2.75, 3.05) is 6.54 Å². The van der Waals surface area contributed by atoms with E-state index in [0.29, 0.717) is 11.5 Å². The molecule has 0 aliphatic heterocycles. The first-order valence-electron chi connectivity index (χ1n) is 7.40. The summed E-state index contributed by atoms with van der Waals surface area (Å²) in [5, 5.41) is 3.66. The van der Waals surface area contributed by atoms with Gasteiger partial charge in [-0.15, -0.1) is 0 Å². The van der Waals surface area contributed by atoms with E-state index < -0.39 is 0 Å². The third-order valence-electron chi connectivity index (χ3n) is 4.69. The van der Waals surface area contributed by atoms with Crippen molar-refractivity contribution >= 4 is 15.9 Å². The molecule has 19 heavy (non-hydrogen) atoms. The van der Waals surface area contributed by atoms with Crippen LogP contribution in [0.4, 0.5) is 0 Å². The third-order valence-corrected chi connectivity index (χ3v) is 5.16. The highest BCUT2D eigenvalue weighted by Crippen LogP contribution is 2.60. The highest BCUT2D eigenvalue weighted by molar-refractivity contribution is 9.10. The van der Waals surface area contributed by atoms with Gasteiger partial charge < -0.3 is 5.32 Å². The summed E-state index contributed by atoms with van der Waals surface area (Å²) in [6.07, 6.45) is 7.34. The molecule has 2 nitrogen and oxygen atoms in total. The second kappa shape index (κ2) is 5.17.